The second-order valence-corrected chi connectivity index (χ2v) is 4.91. The Morgan fingerprint density at radius 3 is 3.00 bits per heavy atom. The molecule has 1 aliphatic rings. The minimum atomic E-state index is 0.339. The van der Waals surface area contributed by atoms with Crippen molar-refractivity contribution in [3.63, 3.8) is 0 Å². The van der Waals surface area contributed by atoms with Gasteiger partial charge in [-0.2, -0.15) is 0 Å². The van der Waals surface area contributed by atoms with E-state index in [1.165, 1.54) is 12.8 Å². The molecule has 100 valence electrons. The fourth-order valence-electron chi connectivity index (χ4n) is 2.42. The standard InChI is InChI=1S/C14H22N2O2/c1-16(12-4-3-7-15-9-12)10-11-8-13(18-2)5-6-14(11)17/h5-6,8,12,15,17H,3-4,7,9-10H2,1-2H3. The molecule has 1 saturated heterocycles. The van der Waals surface area contributed by atoms with E-state index < -0.39 is 0 Å². The third kappa shape index (κ3) is 3.15. The normalized spacial score (nSPS) is 20.1. The van der Waals surface area contributed by atoms with Gasteiger partial charge < -0.3 is 15.2 Å². The molecule has 0 aliphatic carbocycles. The monoisotopic (exact) mass is 250 g/mol. The molecule has 1 unspecified atom stereocenters. The van der Waals surface area contributed by atoms with Crippen molar-refractivity contribution in [2.24, 2.45) is 0 Å². The first-order valence-electron chi connectivity index (χ1n) is 6.47. The van der Waals surface area contributed by atoms with Gasteiger partial charge in [-0.05, 0) is 44.6 Å². The van der Waals surface area contributed by atoms with Crippen LogP contribution in [0.4, 0.5) is 0 Å². The third-order valence-corrected chi connectivity index (χ3v) is 3.60. The summed E-state index contributed by atoms with van der Waals surface area (Å²) in [6, 6.07) is 5.92. The highest BCUT2D eigenvalue weighted by molar-refractivity contribution is 5.39. The highest BCUT2D eigenvalue weighted by Gasteiger charge is 2.18. The van der Waals surface area contributed by atoms with Crippen LogP contribution in [0.5, 0.6) is 11.5 Å². The van der Waals surface area contributed by atoms with Crippen LogP contribution in [0.2, 0.25) is 0 Å². The average Bonchev–Trinajstić information content (AvgIpc) is 2.42. The predicted molar refractivity (Wildman–Crippen MR) is 72.0 cm³/mol. The van der Waals surface area contributed by atoms with E-state index in [-0.39, 0.29) is 0 Å². The maximum atomic E-state index is 9.88. The minimum absolute atomic E-state index is 0.339. The van der Waals surface area contributed by atoms with Crippen molar-refractivity contribution < 1.29 is 9.84 Å². The Bertz CT molecular complexity index is 389. The summed E-state index contributed by atoms with van der Waals surface area (Å²) in [5.74, 6) is 1.13. The highest BCUT2D eigenvalue weighted by Crippen LogP contribution is 2.25. The molecule has 1 aliphatic heterocycles. The zero-order chi connectivity index (χ0) is 13.0. The summed E-state index contributed by atoms with van der Waals surface area (Å²) in [4.78, 5) is 2.29. The Morgan fingerprint density at radius 1 is 1.50 bits per heavy atom. The summed E-state index contributed by atoms with van der Waals surface area (Å²) in [5, 5.41) is 13.3. The van der Waals surface area contributed by atoms with Crippen molar-refractivity contribution in [3.8, 4) is 11.5 Å². The van der Waals surface area contributed by atoms with Gasteiger partial charge in [0.15, 0.2) is 0 Å². The van der Waals surface area contributed by atoms with Crippen LogP contribution in [0.1, 0.15) is 18.4 Å². The number of piperidine rings is 1. The van der Waals surface area contributed by atoms with E-state index in [2.05, 4.69) is 17.3 Å². The van der Waals surface area contributed by atoms with Crippen molar-refractivity contribution in [1.82, 2.24) is 10.2 Å². The smallest absolute Gasteiger partial charge is 0.120 e. The van der Waals surface area contributed by atoms with E-state index >= 15 is 0 Å². The van der Waals surface area contributed by atoms with E-state index in [0.717, 1.165) is 30.9 Å². The Balaban J connectivity index is 2.03. The van der Waals surface area contributed by atoms with Gasteiger partial charge in [0, 0.05) is 24.7 Å². The number of nitrogens with zero attached hydrogens (tertiary/aromatic N) is 1. The fourth-order valence-corrected chi connectivity index (χ4v) is 2.42. The zero-order valence-electron chi connectivity index (χ0n) is 11.1. The van der Waals surface area contributed by atoms with Gasteiger partial charge in [0.1, 0.15) is 11.5 Å². The molecule has 2 N–H and O–H groups in total. The summed E-state index contributed by atoms with van der Waals surface area (Å²) in [5.41, 5.74) is 0.919. The van der Waals surface area contributed by atoms with E-state index in [4.69, 9.17) is 4.74 Å². The molecule has 1 atom stereocenters. The molecule has 4 nitrogen and oxygen atoms in total. The molecule has 1 aromatic carbocycles. The molecule has 18 heavy (non-hydrogen) atoms. The van der Waals surface area contributed by atoms with Gasteiger partial charge >= 0.3 is 0 Å². The quantitative estimate of drug-likeness (QED) is 0.851. The molecule has 1 aromatic rings. The van der Waals surface area contributed by atoms with Crippen LogP contribution in [0, 0.1) is 0 Å². The topological polar surface area (TPSA) is 44.7 Å². The van der Waals surface area contributed by atoms with Crippen molar-refractivity contribution in [2.75, 3.05) is 27.2 Å². The summed E-state index contributed by atoms with van der Waals surface area (Å²) in [7, 11) is 3.75. The molecule has 1 fully saturated rings. The number of phenolic OH excluding ortho intramolecular Hbond substituents is 1. The fraction of sp³-hybridized carbons (Fsp3) is 0.571. The van der Waals surface area contributed by atoms with Crippen molar-refractivity contribution in [1.29, 1.82) is 0 Å². The van der Waals surface area contributed by atoms with E-state index in [0.29, 0.717) is 11.8 Å². The lowest BCUT2D eigenvalue weighted by Gasteiger charge is -2.31. The lowest BCUT2D eigenvalue weighted by Crippen LogP contribution is -2.43. The number of hydrogen-bond acceptors (Lipinski definition) is 4. The number of benzene rings is 1. The van der Waals surface area contributed by atoms with Gasteiger partial charge in [0.2, 0.25) is 0 Å². The van der Waals surface area contributed by atoms with Crippen LogP contribution < -0.4 is 10.1 Å². The van der Waals surface area contributed by atoms with E-state index in [9.17, 15) is 5.11 Å². The molecule has 4 heteroatoms. The van der Waals surface area contributed by atoms with Crippen LogP contribution in [-0.2, 0) is 6.54 Å². The van der Waals surface area contributed by atoms with Crippen molar-refractivity contribution >= 4 is 0 Å². The van der Waals surface area contributed by atoms with Crippen LogP contribution in [0.25, 0.3) is 0 Å². The second kappa shape index (κ2) is 6.07. The summed E-state index contributed by atoms with van der Waals surface area (Å²) >= 11 is 0. The molecule has 1 heterocycles. The molecule has 0 bridgehead atoms. The SMILES string of the molecule is COc1ccc(O)c(CN(C)C2CCCNC2)c1. The predicted octanol–water partition coefficient (Wildman–Crippen LogP) is 1.58. The molecule has 0 spiro atoms. The van der Waals surface area contributed by atoms with Gasteiger partial charge in [-0.1, -0.05) is 0 Å². The molecular formula is C14H22N2O2. The van der Waals surface area contributed by atoms with Gasteiger partial charge in [-0.25, -0.2) is 0 Å². The number of nitrogens with one attached hydrogen (secondary N) is 1. The number of hydrogen-bond donors (Lipinski definition) is 2. The maximum Gasteiger partial charge on any atom is 0.120 e. The van der Waals surface area contributed by atoms with Crippen LogP contribution in [0.15, 0.2) is 18.2 Å². The summed E-state index contributed by atoms with van der Waals surface area (Å²) in [6.45, 7) is 2.89. The molecule has 0 radical (unpaired) electrons. The van der Waals surface area contributed by atoms with E-state index in [1.807, 2.05) is 6.07 Å². The first kappa shape index (κ1) is 13.2. The van der Waals surface area contributed by atoms with Gasteiger partial charge in [0.25, 0.3) is 0 Å². The Hall–Kier alpha value is -1.26. The first-order valence-corrected chi connectivity index (χ1v) is 6.47. The molecule has 2 rings (SSSR count). The highest BCUT2D eigenvalue weighted by atomic mass is 16.5. The number of rotatable bonds is 4. The van der Waals surface area contributed by atoms with Gasteiger partial charge in [-0.15, -0.1) is 0 Å². The van der Waals surface area contributed by atoms with Crippen LogP contribution >= 0.6 is 0 Å². The number of methoxy groups -OCH3 is 1. The lowest BCUT2D eigenvalue weighted by molar-refractivity contribution is 0.194. The van der Waals surface area contributed by atoms with Crippen molar-refractivity contribution in [2.45, 2.75) is 25.4 Å². The number of likely N-dealkylation sites (N-methyl/N-ethyl adjacent to an activating group) is 1. The zero-order valence-corrected chi connectivity index (χ0v) is 11.1. The number of phenols is 1. The van der Waals surface area contributed by atoms with Gasteiger partial charge in [0.05, 0.1) is 7.11 Å². The summed E-state index contributed by atoms with van der Waals surface area (Å²) < 4.78 is 5.19. The number of ether oxygens (including phenoxy) is 1. The molecule has 0 amide bonds. The maximum absolute atomic E-state index is 9.88. The minimum Gasteiger partial charge on any atom is -0.508 e. The van der Waals surface area contributed by atoms with Gasteiger partial charge in [-0.3, -0.25) is 4.90 Å². The lowest BCUT2D eigenvalue weighted by atomic mass is 10.1. The molecule has 0 saturated carbocycles. The molecular weight excluding hydrogens is 228 g/mol. The largest absolute Gasteiger partial charge is 0.508 e. The Labute approximate surface area is 109 Å². The average molecular weight is 250 g/mol. The van der Waals surface area contributed by atoms with Crippen LogP contribution in [-0.4, -0.2) is 43.3 Å². The Kier molecular flexibility index (Phi) is 4.44. The number of aromatic hydroxyl groups is 1. The third-order valence-electron chi connectivity index (χ3n) is 3.60. The first-order chi connectivity index (χ1) is 8.70. The van der Waals surface area contributed by atoms with E-state index in [1.54, 1.807) is 19.2 Å². The van der Waals surface area contributed by atoms with Crippen molar-refractivity contribution in [3.05, 3.63) is 23.8 Å². The molecule has 0 aromatic heterocycles. The Morgan fingerprint density at radius 2 is 2.33 bits per heavy atom. The van der Waals surface area contributed by atoms with Crippen LogP contribution in [0.3, 0.4) is 0 Å². The second-order valence-electron chi connectivity index (χ2n) is 4.91. The summed E-state index contributed by atoms with van der Waals surface area (Å²) in [6.07, 6.45) is 2.44.